The summed E-state index contributed by atoms with van der Waals surface area (Å²) in [7, 11) is 1.89. The second-order valence-electron chi connectivity index (χ2n) is 7.53. The number of hydrogen-bond donors (Lipinski definition) is 3. The molecule has 0 bridgehead atoms. The van der Waals surface area contributed by atoms with Crippen LogP contribution in [0.2, 0.25) is 0 Å². The first kappa shape index (κ1) is 19.9. The fourth-order valence-corrected chi connectivity index (χ4v) is 3.55. The topological polar surface area (TPSA) is 97.8 Å². The fourth-order valence-electron chi connectivity index (χ4n) is 3.55. The van der Waals surface area contributed by atoms with Gasteiger partial charge in [-0.3, -0.25) is 9.59 Å². The first-order valence-electron chi connectivity index (χ1n) is 9.98. The predicted molar refractivity (Wildman–Crippen MR) is 112 cm³/mol. The summed E-state index contributed by atoms with van der Waals surface area (Å²) >= 11 is 0. The lowest BCUT2D eigenvalue weighted by Crippen LogP contribution is -3.09. The van der Waals surface area contributed by atoms with Crippen LogP contribution in [0.5, 0.6) is 11.5 Å². The number of carbonyl (C=O) groups excluding carboxylic acids is 1. The molecule has 2 atom stereocenters. The molecule has 0 spiro atoms. The van der Waals surface area contributed by atoms with Gasteiger partial charge >= 0.3 is 0 Å². The smallest absolute Gasteiger partial charge is 0.275 e. The second-order valence-corrected chi connectivity index (χ2v) is 7.53. The van der Waals surface area contributed by atoms with Crippen molar-refractivity contribution < 1.29 is 19.2 Å². The molecule has 0 saturated heterocycles. The summed E-state index contributed by atoms with van der Waals surface area (Å²) < 4.78 is 11.1. The third-order valence-electron chi connectivity index (χ3n) is 5.04. The Labute approximate surface area is 173 Å². The highest BCUT2D eigenvalue weighted by molar-refractivity contribution is 5.77. The molecule has 2 aromatic carbocycles. The van der Waals surface area contributed by atoms with Gasteiger partial charge in [0.05, 0.1) is 24.0 Å². The third kappa shape index (κ3) is 4.44. The predicted octanol–water partition coefficient (Wildman–Crippen LogP) is 0.586. The third-order valence-corrected chi connectivity index (χ3v) is 5.04. The Morgan fingerprint density at radius 1 is 1.20 bits per heavy atom. The number of rotatable bonds is 6. The number of H-pyrrole nitrogens is 1. The number of amides is 1. The van der Waals surface area contributed by atoms with Gasteiger partial charge in [-0.25, -0.2) is 4.98 Å². The van der Waals surface area contributed by atoms with Crippen molar-refractivity contribution in [2.45, 2.75) is 19.5 Å². The number of aromatic nitrogens is 2. The lowest BCUT2D eigenvalue weighted by atomic mass is 10.1. The van der Waals surface area contributed by atoms with Gasteiger partial charge in [0, 0.05) is 0 Å². The molecular formula is C22H25N4O4+. The zero-order valence-corrected chi connectivity index (χ0v) is 17.0. The van der Waals surface area contributed by atoms with Crippen LogP contribution in [0.4, 0.5) is 0 Å². The van der Waals surface area contributed by atoms with E-state index in [1.54, 1.807) is 6.07 Å². The van der Waals surface area contributed by atoms with Crippen molar-refractivity contribution in [3.05, 3.63) is 64.2 Å². The Morgan fingerprint density at radius 3 is 2.80 bits per heavy atom. The summed E-state index contributed by atoms with van der Waals surface area (Å²) in [5, 5.41) is 3.57. The Hall–Kier alpha value is -3.39. The van der Waals surface area contributed by atoms with Crippen LogP contribution in [0, 0.1) is 0 Å². The monoisotopic (exact) mass is 409 g/mol. The van der Waals surface area contributed by atoms with E-state index < -0.39 is 0 Å². The summed E-state index contributed by atoms with van der Waals surface area (Å²) in [5.41, 5.74) is 1.44. The molecule has 1 aliphatic heterocycles. The van der Waals surface area contributed by atoms with Gasteiger partial charge in [0.25, 0.3) is 11.5 Å². The molecule has 0 aliphatic carbocycles. The van der Waals surface area contributed by atoms with E-state index in [0.717, 1.165) is 16.2 Å². The van der Waals surface area contributed by atoms with Crippen molar-refractivity contribution in [1.29, 1.82) is 0 Å². The molecule has 4 rings (SSSR count). The van der Waals surface area contributed by atoms with E-state index in [1.165, 1.54) is 0 Å². The molecule has 3 aromatic rings. The summed E-state index contributed by atoms with van der Waals surface area (Å²) in [4.78, 5) is 32.9. The minimum Gasteiger partial charge on any atom is -0.486 e. The van der Waals surface area contributed by atoms with E-state index >= 15 is 0 Å². The van der Waals surface area contributed by atoms with Gasteiger partial charge in [0.2, 0.25) is 0 Å². The van der Waals surface area contributed by atoms with Gasteiger partial charge in [0.1, 0.15) is 19.8 Å². The van der Waals surface area contributed by atoms with E-state index in [2.05, 4.69) is 15.3 Å². The van der Waals surface area contributed by atoms with E-state index in [1.807, 2.05) is 50.4 Å². The number of quaternary nitrogens is 1. The van der Waals surface area contributed by atoms with Gasteiger partial charge < -0.3 is 24.7 Å². The minimum absolute atomic E-state index is 0.0852. The molecule has 0 saturated carbocycles. The summed E-state index contributed by atoms with van der Waals surface area (Å²) in [5.74, 6) is 1.90. The Morgan fingerprint density at radius 2 is 1.97 bits per heavy atom. The summed E-state index contributed by atoms with van der Waals surface area (Å²) in [6, 6.07) is 12.7. The van der Waals surface area contributed by atoms with Crippen molar-refractivity contribution in [2.75, 3.05) is 26.8 Å². The van der Waals surface area contributed by atoms with E-state index in [4.69, 9.17) is 9.47 Å². The molecule has 8 heteroatoms. The average molecular weight is 409 g/mol. The van der Waals surface area contributed by atoms with Crippen LogP contribution in [0.1, 0.15) is 24.4 Å². The maximum Gasteiger partial charge on any atom is 0.275 e. The van der Waals surface area contributed by atoms with Crippen LogP contribution in [0.3, 0.4) is 0 Å². The van der Waals surface area contributed by atoms with Crippen LogP contribution >= 0.6 is 0 Å². The number of hydrogen-bond acceptors (Lipinski definition) is 5. The van der Waals surface area contributed by atoms with E-state index in [0.29, 0.717) is 42.2 Å². The summed E-state index contributed by atoms with van der Waals surface area (Å²) in [6.45, 7) is 3.69. The minimum atomic E-state index is -0.167. The quantitative estimate of drug-likeness (QED) is 0.554. The molecule has 8 nitrogen and oxygen atoms in total. The van der Waals surface area contributed by atoms with Crippen molar-refractivity contribution in [3.63, 3.8) is 0 Å². The first-order valence-corrected chi connectivity index (χ1v) is 9.98. The van der Waals surface area contributed by atoms with Gasteiger partial charge in [0.15, 0.2) is 23.9 Å². The Balaban J connectivity index is 1.36. The van der Waals surface area contributed by atoms with Gasteiger partial charge in [-0.1, -0.05) is 18.2 Å². The van der Waals surface area contributed by atoms with Crippen LogP contribution in [0.25, 0.3) is 10.9 Å². The largest absolute Gasteiger partial charge is 0.486 e. The molecule has 30 heavy (non-hydrogen) atoms. The number of para-hydroxylation sites is 1. The molecule has 156 valence electrons. The maximum atomic E-state index is 12.5. The fraction of sp³-hybridized carbons (Fsp3) is 0.318. The summed E-state index contributed by atoms with van der Waals surface area (Å²) in [6.07, 6.45) is 0. The van der Waals surface area contributed by atoms with Gasteiger partial charge in [-0.05, 0) is 36.8 Å². The van der Waals surface area contributed by atoms with E-state index in [9.17, 15) is 9.59 Å². The highest BCUT2D eigenvalue weighted by atomic mass is 16.6. The zero-order chi connectivity index (χ0) is 21.1. The van der Waals surface area contributed by atoms with Crippen LogP contribution < -0.4 is 25.2 Å². The lowest BCUT2D eigenvalue weighted by Gasteiger charge is -2.21. The molecule has 1 amide bonds. The van der Waals surface area contributed by atoms with Crippen molar-refractivity contribution >= 4 is 16.8 Å². The standard InChI is InChI=1S/C22H24N4O4/c1-14(15-7-8-18-19(11-15)30-10-9-29-18)23-21(27)13-26(2)12-20-24-17-6-4-3-5-16(17)22(28)25-20/h3-8,11,14H,9-10,12-13H2,1-2H3,(H,23,27)(H,24,25,28)/p+1/t14-/m0/s1. The highest BCUT2D eigenvalue weighted by Gasteiger charge is 2.18. The lowest BCUT2D eigenvalue weighted by molar-refractivity contribution is -0.886. The molecule has 0 radical (unpaired) electrons. The Bertz CT molecular complexity index is 1130. The number of nitrogens with zero attached hydrogens (tertiary/aromatic N) is 1. The van der Waals surface area contributed by atoms with Crippen molar-refractivity contribution in [2.24, 2.45) is 0 Å². The van der Waals surface area contributed by atoms with Crippen LogP contribution in [-0.4, -0.2) is 42.7 Å². The average Bonchev–Trinajstić information content (AvgIpc) is 2.73. The van der Waals surface area contributed by atoms with Crippen LogP contribution in [0.15, 0.2) is 47.3 Å². The number of aromatic amines is 1. The van der Waals surface area contributed by atoms with Gasteiger partial charge in [-0.15, -0.1) is 0 Å². The van der Waals surface area contributed by atoms with Crippen molar-refractivity contribution in [3.8, 4) is 11.5 Å². The molecule has 1 aliphatic rings. The van der Waals surface area contributed by atoms with E-state index in [-0.39, 0.29) is 24.1 Å². The number of fused-ring (bicyclic) bond motifs is 2. The maximum absolute atomic E-state index is 12.5. The molecule has 0 fully saturated rings. The van der Waals surface area contributed by atoms with Crippen molar-refractivity contribution in [1.82, 2.24) is 15.3 Å². The second kappa shape index (κ2) is 8.54. The Kier molecular flexibility index (Phi) is 5.67. The van der Waals surface area contributed by atoms with Crippen LogP contribution in [-0.2, 0) is 11.3 Å². The SMILES string of the molecule is C[C@H](NC(=O)C[NH+](C)Cc1nc2ccccc2c(=O)[nH]1)c1ccc2c(c1)OCCO2. The molecule has 1 aromatic heterocycles. The highest BCUT2D eigenvalue weighted by Crippen LogP contribution is 2.32. The number of benzene rings is 2. The molecular weight excluding hydrogens is 384 g/mol. The van der Waals surface area contributed by atoms with Gasteiger partial charge in [-0.2, -0.15) is 0 Å². The zero-order valence-electron chi connectivity index (χ0n) is 17.0. The first-order chi connectivity index (χ1) is 14.5. The number of nitrogens with one attached hydrogen (secondary N) is 3. The molecule has 3 N–H and O–H groups in total. The molecule has 1 unspecified atom stereocenters. The number of carbonyl (C=O) groups is 1. The molecule has 2 heterocycles. The number of likely N-dealkylation sites (N-methyl/N-ethyl adjacent to an activating group) is 1. The normalized spacial score (nSPS) is 14.9. The number of ether oxygens (including phenoxy) is 2.